The number of amides is 3. The molecule has 0 saturated carbocycles. The summed E-state index contributed by atoms with van der Waals surface area (Å²) in [7, 11) is 1.52. The van der Waals surface area contributed by atoms with E-state index < -0.39 is 29.3 Å². The summed E-state index contributed by atoms with van der Waals surface area (Å²) >= 11 is 0. The number of anilines is 1. The number of hydrogen-bond donors (Lipinski definition) is 1. The van der Waals surface area contributed by atoms with Crippen LogP contribution in [0.3, 0.4) is 0 Å². The molecule has 0 bridgehead atoms. The number of alkyl halides is 3. The SMILES string of the molecule is CN(CCN(Cc1ccccc1C(F)(F)F)C(=O)CNc1cccc2c1CCN(C(=O)[C@H]1CCOC1)C2)C(=O)OC(C)(C)C. The number of halogens is 3. The molecular weight excluding hydrogens is 577 g/mol. The van der Waals surface area contributed by atoms with Gasteiger partial charge in [0.1, 0.15) is 5.60 Å². The number of carbonyl (C=O) groups is 3. The zero-order valence-electron chi connectivity index (χ0n) is 25.7. The molecule has 0 aliphatic carbocycles. The summed E-state index contributed by atoms with van der Waals surface area (Å²) in [4.78, 5) is 43.4. The highest BCUT2D eigenvalue weighted by Gasteiger charge is 2.34. The van der Waals surface area contributed by atoms with Crippen molar-refractivity contribution in [2.75, 3.05) is 51.8 Å². The Balaban J connectivity index is 1.46. The van der Waals surface area contributed by atoms with Crippen molar-refractivity contribution in [2.45, 2.75) is 58.5 Å². The Bertz CT molecular complexity index is 1340. The second kappa shape index (κ2) is 13.9. The Morgan fingerprint density at radius 3 is 2.50 bits per heavy atom. The first kappa shape index (κ1) is 33.1. The largest absolute Gasteiger partial charge is 0.444 e. The third-order valence-electron chi connectivity index (χ3n) is 7.73. The maximum atomic E-state index is 13.8. The van der Waals surface area contributed by atoms with E-state index in [1.807, 2.05) is 23.1 Å². The first-order valence-corrected chi connectivity index (χ1v) is 14.8. The Hall–Kier alpha value is -3.80. The van der Waals surface area contributed by atoms with E-state index in [4.69, 9.17) is 9.47 Å². The summed E-state index contributed by atoms with van der Waals surface area (Å²) in [5, 5.41) is 3.18. The van der Waals surface area contributed by atoms with Crippen molar-refractivity contribution in [2.24, 2.45) is 5.92 Å². The Morgan fingerprint density at radius 1 is 1.07 bits per heavy atom. The van der Waals surface area contributed by atoms with E-state index in [9.17, 15) is 27.6 Å². The fraction of sp³-hybridized carbons (Fsp3) is 0.531. The molecular formula is C32H41F3N4O5. The topological polar surface area (TPSA) is 91.4 Å². The minimum atomic E-state index is -4.58. The molecule has 44 heavy (non-hydrogen) atoms. The number of hydrogen-bond acceptors (Lipinski definition) is 6. The van der Waals surface area contributed by atoms with Gasteiger partial charge in [0.15, 0.2) is 0 Å². The highest BCUT2D eigenvalue weighted by molar-refractivity contribution is 5.82. The van der Waals surface area contributed by atoms with E-state index in [1.54, 1.807) is 20.8 Å². The average Bonchev–Trinajstić information content (AvgIpc) is 3.51. The molecule has 2 aliphatic heterocycles. The van der Waals surface area contributed by atoms with Gasteiger partial charge in [-0.25, -0.2) is 4.79 Å². The van der Waals surface area contributed by atoms with Crippen molar-refractivity contribution in [1.29, 1.82) is 0 Å². The second-order valence-corrected chi connectivity index (χ2v) is 12.2. The molecule has 1 saturated heterocycles. The molecule has 2 aromatic rings. The van der Waals surface area contributed by atoms with Crippen LogP contribution in [0, 0.1) is 5.92 Å². The highest BCUT2D eigenvalue weighted by atomic mass is 19.4. The number of ether oxygens (including phenoxy) is 2. The van der Waals surface area contributed by atoms with E-state index in [0.717, 1.165) is 29.3 Å². The third-order valence-corrected chi connectivity index (χ3v) is 7.73. The van der Waals surface area contributed by atoms with E-state index in [2.05, 4.69) is 5.32 Å². The van der Waals surface area contributed by atoms with Crippen LogP contribution in [0.1, 0.15) is 49.4 Å². The quantitative estimate of drug-likeness (QED) is 0.429. The van der Waals surface area contributed by atoms with Crippen molar-refractivity contribution >= 4 is 23.6 Å². The average molecular weight is 619 g/mol. The van der Waals surface area contributed by atoms with Gasteiger partial charge >= 0.3 is 12.3 Å². The van der Waals surface area contributed by atoms with Crippen molar-refractivity contribution in [3.05, 3.63) is 64.7 Å². The van der Waals surface area contributed by atoms with Crippen LogP contribution in [0.2, 0.25) is 0 Å². The van der Waals surface area contributed by atoms with Crippen molar-refractivity contribution < 1.29 is 37.0 Å². The molecule has 9 nitrogen and oxygen atoms in total. The summed E-state index contributed by atoms with van der Waals surface area (Å²) in [6.45, 7) is 6.86. The summed E-state index contributed by atoms with van der Waals surface area (Å²) in [5.74, 6) is -0.447. The predicted molar refractivity (Wildman–Crippen MR) is 159 cm³/mol. The Morgan fingerprint density at radius 2 is 1.82 bits per heavy atom. The van der Waals surface area contributed by atoms with E-state index >= 15 is 0 Å². The van der Waals surface area contributed by atoms with Crippen LogP contribution in [0.15, 0.2) is 42.5 Å². The molecule has 4 rings (SSSR count). The zero-order chi connectivity index (χ0) is 32.1. The standard InChI is InChI=1S/C32H41F3N4O5/c1-31(2,3)44-30(42)37(4)15-16-38(20-23-8-5-6-10-26(23)32(33,34)35)28(40)18-36-27-11-7-9-22-19-39(14-12-25(22)27)29(41)24-13-17-43-21-24/h5-11,24,36H,12-21H2,1-4H3/t24-/m0/s1. The van der Waals surface area contributed by atoms with Crippen molar-refractivity contribution in [3.63, 3.8) is 0 Å². The fourth-order valence-corrected chi connectivity index (χ4v) is 5.37. The number of benzene rings is 2. The van der Waals surface area contributed by atoms with E-state index in [-0.39, 0.29) is 43.6 Å². The molecule has 0 unspecified atom stereocenters. The Labute approximate surface area is 256 Å². The molecule has 3 amide bonds. The summed E-state index contributed by atoms with van der Waals surface area (Å²) < 4.78 is 52.0. The number of nitrogens with zero attached hydrogens (tertiary/aromatic N) is 3. The van der Waals surface area contributed by atoms with Crippen LogP contribution >= 0.6 is 0 Å². The number of nitrogens with one attached hydrogen (secondary N) is 1. The van der Waals surface area contributed by atoms with Gasteiger partial charge in [-0.2, -0.15) is 13.2 Å². The number of rotatable bonds is 9. The van der Waals surface area contributed by atoms with Gasteiger partial charge in [-0.15, -0.1) is 0 Å². The maximum absolute atomic E-state index is 13.8. The minimum absolute atomic E-state index is 0.00268. The first-order valence-electron chi connectivity index (χ1n) is 14.8. The lowest BCUT2D eigenvalue weighted by Gasteiger charge is -2.32. The van der Waals surface area contributed by atoms with Gasteiger partial charge in [0.05, 0.1) is 24.6 Å². The molecule has 2 aromatic carbocycles. The minimum Gasteiger partial charge on any atom is -0.444 e. The van der Waals surface area contributed by atoms with Crippen LogP contribution in [-0.4, -0.2) is 84.6 Å². The van der Waals surface area contributed by atoms with Crippen LogP contribution in [-0.2, 0) is 44.7 Å². The van der Waals surface area contributed by atoms with E-state index in [1.165, 1.54) is 35.0 Å². The molecule has 1 N–H and O–H groups in total. The number of carbonyl (C=O) groups excluding carboxylic acids is 3. The van der Waals surface area contributed by atoms with Crippen LogP contribution in [0.4, 0.5) is 23.7 Å². The molecule has 2 aliphatic rings. The smallest absolute Gasteiger partial charge is 0.416 e. The first-order chi connectivity index (χ1) is 20.7. The molecule has 1 atom stereocenters. The lowest BCUT2D eigenvalue weighted by molar-refractivity contribution is -0.139. The van der Waals surface area contributed by atoms with Gasteiger partial charge in [0.2, 0.25) is 11.8 Å². The zero-order valence-corrected chi connectivity index (χ0v) is 25.7. The molecule has 240 valence electrons. The monoisotopic (exact) mass is 618 g/mol. The summed E-state index contributed by atoms with van der Waals surface area (Å²) in [5.41, 5.74) is 1.16. The predicted octanol–water partition coefficient (Wildman–Crippen LogP) is 4.93. The molecule has 2 heterocycles. The third kappa shape index (κ3) is 8.64. The summed E-state index contributed by atoms with van der Waals surface area (Å²) in [6, 6.07) is 10.8. The molecule has 0 spiro atoms. The van der Waals surface area contributed by atoms with Crippen molar-refractivity contribution in [1.82, 2.24) is 14.7 Å². The maximum Gasteiger partial charge on any atom is 0.416 e. The van der Waals surface area contributed by atoms with Gasteiger partial charge in [-0.3, -0.25) is 9.59 Å². The molecule has 0 aromatic heterocycles. The molecule has 12 heteroatoms. The van der Waals surface area contributed by atoms with E-state index in [0.29, 0.717) is 32.7 Å². The van der Waals surface area contributed by atoms with Crippen LogP contribution in [0.5, 0.6) is 0 Å². The molecule has 0 radical (unpaired) electrons. The Kier molecular flexibility index (Phi) is 10.4. The van der Waals surface area contributed by atoms with Gasteiger partial charge in [-0.1, -0.05) is 30.3 Å². The van der Waals surface area contributed by atoms with Crippen LogP contribution in [0.25, 0.3) is 0 Å². The number of likely N-dealkylation sites (N-methyl/N-ethyl adjacent to an activating group) is 1. The summed E-state index contributed by atoms with van der Waals surface area (Å²) in [6.07, 6.45) is -3.85. The lowest BCUT2D eigenvalue weighted by Crippen LogP contribution is -2.43. The highest BCUT2D eigenvalue weighted by Crippen LogP contribution is 2.33. The molecule has 1 fully saturated rings. The van der Waals surface area contributed by atoms with Gasteiger partial charge in [0, 0.05) is 52.1 Å². The second-order valence-electron chi connectivity index (χ2n) is 12.2. The van der Waals surface area contributed by atoms with Crippen LogP contribution < -0.4 is 5.32 Å². The lowest BCUT2D eigenvalue weighted by atomic mass is 9.96. The number of fused-ring (bicyclic) bond motifs is 1. The van der Waals surface area contributed by atoms with Crippen molar-refractivity contribution in [3.8, 4) is 0 Å². The normalized spacial score (nSPS) is 16.7. The van der Waals surface area contributed by atoms with Gasteiger partial charge in [0.25, 0.3) is 0 Å². The fourth-order valence-electron chi connectivity index (χ4n) is 5.37. The van der Waals surface area contributed by atoms with Gasteiger partial charge in [-0.05, 0) is 62.4 Å². The van der Waals surface area contributed by atoms with Gasteiger partial charge < -0.3 is 29.5 Å².